The van der Waals surface area contributed by atoms with Crippen LogP contribution >= 0.6 is 0 Å². The SMILES string of the molecule is CCCCCCCCC1(O)CCC(Nc2ccnc(C)c2OC)CC1. The maximum Gasteiger partial charge on any atom is 0.163 e. The fourth-order valence-electron chi connectivity index (χ4n) is 3.93. The Morgan fingerprint density at radius 3 is 2.56 bits per heavy atom. The van der Waals surface area contributed by atoms with Crippen molar-refractivity contribution in [1.29, 1.82) is 0 Å². The molecule has 0 bridgehead atoms. The van der Waals surface area contributed by atoms with E-state index in [1.54, 1.807) is 7.11 Å². The van der Waals surface area contributed by atoms with Gasteiger partial charge in [0.25, 0.3) is 0 Å². The fraction of sp³-hybridized carbons (Fsp3) is 0.762. The van der Waals surface area contributed by atoms with Crippen molar-refractivity contribution < 1.29 is 9.84 Å². The number of aromatic nitrogens is 1. The number of rotatable bonds is 10. The van der Waals surface area contributed by atoms with Crippen molar-refractivity contribution in [3.63, 3.8) is 0 Å². The van der Waals surface area contributed by atoms with E-state index < -0.39 is 5.60 Å². The molecule has 1 aromatic heterocycles. The summed E-state index contributed by atoms with van der Waals surface area (Å²) in [5.74, 6) is 0.829. The Labute approximate surface area is 153 Å². The average molecular weight is 349 g/mol. The van der Waals surface area contributed by atoms with Gasteiger partial charge in [0.05, 0.1) is 24.1 Å². The van der Waals surface area contributed by atoms with Crippen LogP contribution in [-0.4, -0.2) is 28.8 Å². The van der Waals surface area contributed by atoms with E-state index in [1.165, 1.54) is 32.1 Å². The Kier molecular flexibility index (Phi) is 8.01. The number of anilines is 1. The van der Waals surface area contributed by atoms with Crippen LogP contribution < -0.4 is 10.1 Å². The molecular formula is C21H36N2O2. The Morgan fingerprint density at radius 1 is 1.20 bits per heavy atom. The molecule has 1 fully saturated rings. The van der Waals surface area contributed by atoms with E-state index in [2.05, 4.69) is 17.2 Å². The fourth-order valence-corrected chi connectivity index (χ4v) is 3.93. The molecule has 0 unspecified atom stereocenters. The molecular weight excluding hydrogens is 312 g/mol. The Bertz CT molecular complexity index is 511. The minimum absolute atomic E-state index is 0.403. The Balaban J connectivity index is 1.75. The lowest BCUT2D eigenvalue weighted by atomic mass is 9.79. The zero-order chi connectivity index (χ0) is 18.1. The first-order valence-corrected chi connectivity index (χ1v) is 10.1. The number of ether oxygens (including phenoxy) is 1. The number of nitrogens with zero attached hydrogens (tertiary/aromatic N) is 1. The molecule has 2 N–H and O–H groups in total. The first kappa shape index (κ1) is 20.0. The Morgan fingerprint density at radius 2 is 1.88 bits per heavy atom. The van der Waals surface area contributed by atoms with Crippen molar-refractivity contribution in [2.75, 3.05) is 12.4 Å². The molecule has 2 rings (SSSR count). The maximum atomic E-state index is 10.8. The molecule has 4 heteroatoms. The van der Waals surface area contributed by atoms with E-state index >= 15 is 0 Å². The van der Waals surface area contributed by atoms with Gasteiger partial charge in [-0.3, -0.25) is 4.98 Å². The lowest BCUT2D eigenvalue weighted by Crippen LogP contribution is -2.38. The van der Waals surface area contributed by atoms with Crippen LogP contribution in [0.5, 0.6) is 5.75 Å². The van der Waals surface area contributed by atoms with Gasteiger partial charge >= 0.3 is 0 Å². The third-order valence-electron chi connectivity index (χ3n) is 5.56. The molecule has 1 saturated carbocycles. The maximum absolute atomic E-state index is 10.8. The van der Waals surface area contributed by atoms with Crippen molar-refractivity contribution in [2.45, 2.75) is 96.1 Å². The number of hydrogen-bond acceptors (Lipinski definition) is 4. The minimum Gasteiger partial charge on any atom is -0.493 e. The topological polar surface area (TPSA) is 54.4 Å². The van der Waals surface area contributed by atoms with Gasteiger partial charge < -0.3 is 15.2 Å². The molecule has 0 aliphatic heterocycles. The number of aryl methyl sites for hydroxylation is 1. The molecule has 1 heterocycles. The van der Waals surface area contributed by atoms with Crippen LogP contribution in [-0.2, 0) is 0 Å². The molecule has 0 saturated heterocycles. The van der Waals surface area contributed by atoms with E-state index in [0.717, 1.165) is 55.7 Å². The van der Waals surface area contributed by atoms with Gasteiger partial charge in [-0.1, -0.05) is 45.4 Å². The highest BCUT2D eigenvalue weighted by molar-refractivity contribution is 5.58. The van der Waals surface area contributed by atoms with E-state index in [1.807, 2.05) is 19.2 Å². The zero-order valence-electron chi connectivity index (χ0n) is 16.3. The molecule has 1 aliphatic carbocycles. The van der Waals surface area contributed by atoms with Gasteiger partial charge in [0.1, 0.15) is 0 Å². The summed E-state index contributed by atoms with van der Waals surface area (Å²) in [6, 6.07) is 2.38. The van der Waals surface area contributed by atoms with Gasteiger partial charge in [-0.25, -0.2) is 0 Å². The average Bonchev–Trinajstić information content (AvgIpc) is 2.60. The summed E-state index contributed by atoms with van der Waals surface area (Å²) in [5, 5.41) is 14.4. The first-order chi connectivity index (χ1) is 12.1. The lowest BCUT2D eigenvalue weighted by Gasteiger charge is -2.37. The molecule has 0 aromatic carbocycles. The summed E-state index contributed by atoms with van der Waals surface area (Å²) in [6.07, 6.45) is 14.3. The number of methoxy groups -OCH3 is 1. The van der Waals surface area contributed by atoms with Gasteiger partial charge in [-0.15, -0.1) is 0 Å². The second-order valence-electron chi connectivity index (χ2n) is 7.64. The highest BCUT2D eigenvalue weighted by Gasteiger charge is 2.32. The van der Waals surface area contributed by atoms with Crippen molar-refractivity contribution in [3.8, 4) is 5.75 Å². The Hall–Kier alpha value is -1.29. The van der Waals surface area contributed by atoms with Gasteiger partial charge in [-0.05, 0) is 45.1 Å². The van der Waals surface area contributed by atoms with Crippen LogP contribution in [0.2, 0.25) is 0 Å². The summed E-state index contributed by atoms with van der Waals surface area (Å²) in [7, 11) is 1.69. The number of hydrogen-bond donors (Lipinski definition) is 2. The van der Waals surface area contributed by atoms with E-state index in [4.69, 9.17) is 4.74 Å². The number of aliphatic hydroxyl groups is 1. The predicted molar refractivity (Wildman–Crippen MR) is 104 cm³/mol. The smallest absolute Gasteiger partial charge is 0.163 e. The summed E-state index contributed by atoms with van der Waals surface area (Å²) in [5.41, 5.74) is 1.48. The number of unbranched alkanes of at least 4 members (excludes halogenated alkanes) is 5. The molecule has 4 nitrogen and oxygen atoms in total. The number of nitrogens with one attached hydrogen (secondary N) is 1. The summed E-state index contributed by atoms with van der Waals surface area (Å²) in [4.78, 5) is 4.28. The summed E-state index contributed by atoms with van der Waals surface area (Å²) >= 11 is 0. The molecule has 0 radical (unpaired) electrons. The molecule has 142 valence electrons. The van der Waals surface area contributed by atoms with E-state index in [-0.39, 0.29) is 0 Å². The van der Waals surface area contributed by atoms with E-state index in [9.17, 15) is 5.11 Å². The standard InChI is InChI=1S/C21H36N2O2/c1-4-5-6-7-8-9-13-21(24)14-10-18(11-15-21)23-19-12-16-22-17(2)20(19)25-3/h12,16,18,24H,4-11,13-15H2,1-3H3,(H,22,23). The molecule has 25 heavy (non-hydrogen) atoms. The quantitative estimate of drug-likeness (QED) is 0.568. The van der Waals surface area contributed by atoms with Crippen LogP contribution in [0.3, 0.4) is 0 Å². The predicted octanol–water partition coefficient (Wildman–Crippen LogP) is 5.23. The lowest BCUT2D eigenvalue weighted by molar-refractivity contribution is -0.00837. The molecule has 0 atom stereocenters. The van der Waals surface area contributed by atoms with Gasteiger partial charge in [0.2, 0.25) is 0 Å². The van der Waals surface area contributed by atoms with Crippen LogP contribution in [0.1, 0.15) is 83.2 Å². The second kappa shape index (κ2) is 10.0. The van der Waals surface area contributed by atoms with Gasteiger partial charge in [-0.2, -0.15) is 0 Å². The van der Waals surface area contributed by atoms with E-state index in [0.29, 0.717) is 6.04 Å². The van der Waals surface area contributed by atoms with Crippen LogP contribution in [0.15, 0.2) is 12.3 Å². The van der Waals surface area contributed by atoms with Gasteiger partial charge in [0, 0.05) is 12.2 Å². The normalized spacial score (nSPS) is 23.4. The summed E-state index contributed by atoms with van der Waals surface area (Å²) < 4.78 is 5.48. The third kappa shape index (κ3) is 6.18. The van der Waals surface area contributed by atoms with Gasteiger partial charge in [0.15, 0.2) is 5.75 Å². The highest BCUT2D eigenvalue weighted by atomic mass is 16.5. The van der Waals surface area contributed by atoms with Crippen molar-refractivity contribution in [3.05, 3.63) is 18.0 Å². The zero-order valence-corrected chi connectivity index (χ0v) is 16.3. The first-order valence-electron chi connectivity index (χ1n) is 10.1. The summed E-state index contributed by atoms with van der Waals surface area (Å²) in [6.45, 7) is 4.21. The highest BCUT2D eigenvalue weighted by Crippen LogP contribution is 2.35. The molecule has 0 amide bonds. The largest absolute Gasteiger partial charge is 0.493 e. The molecule has 1 aromatic rings. The second-order valence-corrected chi connectivity index (χ2v) is 7.64. The van der Waals surface area contributed by atoms with Crippen LogP contribution in [0.25, 0.3) is 0 Å². The minimum atomic E-state index is -0.443. The molecule has 0 spiro atoms. The van der Waals surface area contributed by atoms with Crippen LogP contribution in [0.4, 0.5) is 5.69 Å². The van der Waals surface area contributed by atoms with Crippen molar-refractivity contribution in [2.24, 2.45) is 0 Å². The molecule has 1 aliphatic rings. The third-order valence-corrected chi connectivity index (χ3v) is 5.56. The number of pyridine rings is 1. The van der Waals surface area contributed by atoms with Crippen molar-refractivity contribution in [1.82, 2.24) is 4.98 Å². The van der Waals surface area contributed by atoms with Crippen LogP contribution in [0, 0.1) is 6.92 Å². The monoisotopic (exact) mass is 348 g/mol. The van der Waals surface area contributed by atoms with Crippen molar-refractivity contribution >= 4 is 5.69 Å².